The normalized spacial score (nSPS) is 10.9. The summed E-state index contributed by atoms with van der Waals surface area (Å²) in [6, 6.07) is 25.2. The molecule has 1 N–H and O–H groups in total. The van der Waals surface area contributed by atoms with Crippen molar-refractivity contribution in [3.05, 3.63) is 125 Å². The number of halogens is 1. The summed E-state index contributed by atoms with van der Waals surface area (Å²) in [5.74, 6) is -0.745. The molecular weight excluding hydrogens is 561 g/mol. The Balaban J connectivity index is 1.57. The fraction of sp³-hybridized carbons (Fsp3) is 0.200. The van der Waals surface area contributed by atoms with Crippen LogP contribution in [0.4, 0.5) is 9.18 Å². The van der Waals surface area contributed by atoms with Crippen LogP contribution in [0.15, 0.2) is 91.1 Å². The van der Waals surface area contributed by atoms with E-state index in [9.17, 15) is 14.0 Å². The molecule has 0 unspecified atom stereocenters. The van der Waals surface area contributed by atoms with Crippen molar-refractivity contribution in [2.24, 2.45) is 0 Å². The first-order chi connectivity index (χ1) is 21.3. The minimum atomic E-state index is -0.658. The first kappa shape index (κ1) is 30.2. The molecule has 44 heavy (non-hydrogen) atoms. The fourth-order valence-electron chi connectivity index (χ4n) is 4.65. The van der Waals surface area contributed by atoms with E-state index in [0.717, 1.165) is 22.3 Å². The molecule has 0 aliphatic heterocycles. The minimum absolute atomic E-state index is 0.00230. The summed E-state index contributed by atoms with van der Waals surface area (Å²) >= 11 is 0. The first-order valence-corrected chi connectivity index (χ1v) is 14.2. The van der Waals surface area contributed by atoms with Gasteiger partial charge in [-0.15, -0.1) is 0 Å². The van der Waals surface area contributed by atoms with Gasteiger partial charge in [-0.05, 0) is 60.7 Å². The molecule has 2 heterocycles. The third kappa shape index (κ3) is 7.36. The Morgan fingerprint density at radius 2 is 1.55 bits per heavy atom. The summed E-state index contributed by atoms with van der Waals surface area (Å²) in [5.41, 5.74) is 5.15. The topological polar surface area (TPSA) is 99.6 Å². The Morgan fingerprint density at radius 1 is 0.864 bits per heavy atom. The molecule has 8 nitrogen and oxygen atoms in total. The number of aromatic nitrogens is 2. The van der Waals surface area contributed by atoms with Crippen LogP contribution in [0.2, 0.25) is 0 Å². The second-order valence-corrected chi connectivity index (χ2v) is 10.5. The molecule has 0 saturated heterocycles. The Morgan fingerprint density at radius 3 is 2.23 bits per heavy atom. The molecule has 0 radical (unpaired) electrons. The number of alkyl carbamates (subject to hydrolysis) is 1. The van der Waals surface area contributed by atoms with E-state index in [1.54, 1.807) is 18.3 Å². The molecule has 2 aromatic heterocycles. The van der Waals surface area contributed by atoms with Crippen LogP contribution < -0.4 is 10.1 Å². The van der Waals surface area contributed by atoms with Crippen LogP contribution in [0.3, 0.4) is 0 Å². The number of pyridine rings is 2. The van der Waals surface area contributed by atoms with Crippen molar-refractivity contribution in [2.75, 3.05) is 7.11 Å². The Bertz CT molecular complexity index is 1760. The van der Waals surface area contributed by atoms with Gasteiger partial charge >= 0.3 is 12.1 Å². The molecule has 5 rings (SSSR count). The van der Waals surface area contributed by atoms with Gasteiger partial charge in [0.15, 0.2) is 11.4 Å². The van der Waals surface area contributed by atoms with E-state index in [2.05, 4.69) is 5.32 Å². The Kier molecular flexibility index (Phi) is 9.44. The van der Waals surface area contributed by atoms with Gasteiger partial charge in [-0.3, -0.25) is 4.98 Å². The number of benzene rings is 3. The zero-order chi connectivity index (χ0) is 31.1. The zero-order valence-electron chi connectivity index (χ0n) is 24.7. The standard InChI is InChI=1S/C35H32FN3O5/c1-22(2)38-35(41)44-21-25-9-13-27(14-10-25)30-29-18-26(17-23-11-15-28(36)16-12-23)19-37-31(29)33(32(39-30)34(40)42-3)43-20-24-7-5-4-6-8-24/h4-16,18-19,22H,17,20-21H2,1-3H3,(H,38,41). The largest absolute Gasteiger partial charge is 0.484 e. The highest BCUT2D eigenvalue weighted by molar-refractivity contribution is 6.03. The van der Waals surface area contributed by atoms with Crippen molar-refractivity contribution in [2.45, 2.75) is 39.5 Å². The highest BCUT2D eigenvalue weighted by Crippen LogP contribution is 2.36. The molecule has 0 bridgehead atoms. The average Bonchev–Trinajstić information content (AvgIpc) is 3.03. The van der Waals surface area contributed by atoms with Crippen LogP contribution >= 0.6 is 0 Å². The van der Waals surface area contributed by atoms with Gasteiger partial charge in [-0.25, -0.2) is 19.0 Å². The number of methoxy groups -OCH3 is 1. The molecule has 0 aliphatic rings. The quantitative estimate of drug-likeness (QED) is 0.174. The van der Waals surface area contributed by atoms with Crippen LogP contribution in [0, 0.1) is 5.82 Å². The van der Waals surface area contributed by atoms with Crippen molar-refractivity contribution in [3.63, 3.8) is 0 Å². The van der Waals surface area contributed by atoms with Gasteiger partial charge < -0.3 is 19.5 Å². The lowest BCUT2D eigenvalue weighted by Gasteiger charge is -2.16. The van der Waals surface area contributed by atoms with Gasteiger partial charge in [-0.1, -0.05) is 66.7 Å². The van der Waals surface area contributed by atoms with E-state index in [4.69, 9.17) is 24.2 Å². The lowest BCUT2D eigenvalue weighted by molar-refractivity contribution is 0.0588. The number of carbonyl (C=O) groups is 2. The van der Waals surface area contributed by atoms with Crippen LogP contribution in [0.1, 0.15) is 46.6 Å². The number of amides is 1. The lowest BCUT2D eigenvalue weighted by atomic mass is 10.00. The number of hydrogen-bond donors (Lipinski definition) is 1. The number of nitrogens with zero attached hydrogens (tertiary/aromatic N) is 2. The number of fused-ring (bicyclic) bond motifs is 1. The summed E-state index contributed by atoms with van der Waals surface area (Å²) in [4.78, 5) is 34.4. The molecule has 3 aromatic carbocycles. The summed E-state index contributed by atoms with van der Waals surface area (Å²) in [5, 5.41) is 3.36. The molecular formula is C35H32FN3O5. The molecule has 0 aliphatic carbocycles. The van der Waals surface area contributed by atoms with Crippen molar-refractivity contribution in [1.82, 2.24) is 15.3 Å². The summed E-state index contributed by atoms with van der Waals surface area (Å²) < 4.78 is 30.1. The van der Waals surface area contributed by atoms with Gasteiger partial charge in [0, 0.05) is 23.2 Å². The summed E-state index contributed by atoms with van der Waals surface area (Å²) in [7, 11) is 1.29. The van der Waals surface area contributed by atoms with Crippen molar-refractivity contribution in [3.8, 4) is 17.0 Å². The van der Waals surface area contributed by atoms with Crippen molar-refractivity contribution >= 4 is 23.0 Å². The van der Waals surface area contributed by atoms with E-state index in [-0.39, 0.29) is 36.5 Å². The number of ether oxygens (including phenoxy) is 3. The monoisotopic (exact) mass is 593 g/mol. The number of carbonyl (C=O) groups excluding carboxylic acids is 2. The van der Waals surface area contributed by atoms with E-state index in [0.29, 0.717) is 28.6 Å². The summed E-state index contributed by atoms with van der Waals surface area (Å²) in [6.07, 6.45) is 1.73. The smallest absolute Gasteiger partial charge is 0.407 e. The maximum atomic E-state index is 13.5. The highest BCUT2D eigenvalue weighted by Gasteiger charge is 2.24. The number of rotatable bonds is 10. The second kappa shape index (κ2) is 13.8. The van der Waals surface area contributed by atoms with Crippen LogP contribution in [-0.4, -0.2) is 35.2 Å². The fourth-order valence-corrected chi connectivity index (χ4v) is 4.65. The molecule has 224 valence electrons. The Hall–Kier alpha value is -5.31. The van der Waals surface area contributed by atoms with Gasteiger partial charge in [0.1, 0.15) is 24.5 Å². The minimum Gasteiger partial charge on any atom is -0.484 e. The zero-order valence-corrected chi connectivity index (χ0v) is 24.7. The molecule has 0 spiro atoms. The Labute approximate surface area is 254 Å². The third-order valence-electron chi connectivity index (χ3n) is 6.78. The molecule has 5 aromatic rings. The highest BCUT2D eigenvalue weighted by atomic mass is 19.1. The van der Waals surface area contributed by atoms with E-state index < -0.39 is 12.1 Å². The van der Waals surface area contributed by atoms with Crippen LogP contribution in [0.5, 0.6) is 5.75 Å². The molecule has 0 atom stereocenters. The summed E-state index contributed by atoms with van der Waals surface area (Å²) in [6.45, 7) is 4.00. The predicted octanol–water partition coefficient (Wildman–Crippen LogP) is 7.03. The van der Waals surface area contributed by atoms with Crippen LogP contribution in [0.25, 0.3) is 22.2 Å². The third-order valence-corrected chi connectivity index (χ3v) is 6.78. The van der Waals surface area contributed by atoms with Gasteiger partial charge in [0.25, 0.3) is 0 Å². The van der Waals surface area contributed by atoms with Crippen molar-refractivity contribution in [1.29, 1.82) is 0 Å². The number of hydrogen-bond acceptors (Lipinski definition) is 7. The van der Waals surface area contributed by atoms with Crippen molar-refractivity contribution < 1.29 is 28.2 Å². The van der Waals surface area contributed by atoms with Gasteiger partial charge in [0.2, 0.25) is 0 Å². The molecule has 0 saturated carbocycles. The van der Waals surface area contributed by atoms with Crippen LogP contribution in [-0.2, 0) is 29.1 Å². The molecule has 9 heteroatoms. The first-order valence-electron chi connectivity index (χ1n) is 14.2. The number of nitrogens with one attached hydrogen (secondary N) is 1. The lowest BCUT2D eigenvalue weighted by Crippen LogP contribution is -2.30. The maximum absolute atomic E-state index is 13.5. The number of esters is 1. The molecule has 1 amide bonds. The molecule has 0 fully saturated rings. The van der Waals surface area contributed by atoms with Gasteiger partial charge in [0.05, 0.1) is 12.8 Å². The average molecular weight is 594 g/mol. The second-order valence-electron chi connectivity index (χ2n) is 10.5. The van der Waals surface area contributed by atoms with E-state index >= 15 is 0 Å². The SMILES string of the molecule is COC(=O)c1nc(-c2ccc(COC(=O)NC(C)C)cc2)c2cc(Cc3ccc(F)cc3)cnc2c1OCc1ccccc1. The van der Waals surface area contributed by atoms with E-state index in [1.807, 2.05) is 74.5 Å². The maximum Gasteiger partial charge on any atom is 0.407 e. The van der Waals surface area contributed by atoms with Gasteiger partial charge in [-0.2, -0.15) is 0 Å². The predicted molar refractivity (Wildman–Crippen MR) is 165 cm³/mol. The van der Waals surface area contributed by atoms with E-state index in [1.165, 1.54) is 19.2 Å².